The predicted molar refractivity (Wildman–Crippen MR) is 104 cm³/mol. The lowest BCUT2D eigenvalue weighted by Gasteiger charge is -2.24. The monoisotopic (exact) mass is 500 g/mol. The second kappa shape index (κ2) is 8.56. The van der Waals surface area contributed by atoms with E-state index in [-0.39, 0.29) is 3.71 Å². The van der Waals surface area contributed by atoms with Gasteiger partial charge in [-0.2, -0.15) is 22.1 Å². The van der Waals surface area contributed by atoms with E-state index in [1.165, 1.54) is 6.07 Å². The summed E-state index contributed by atoms with van der Waals surface area (Å²) >= 11 is 5.71. The lowest BCUT2D eigenvalue weighted by atomic mass is 10.1. The van der Waals surface area contributed by atoms with Crippen molar-refractivity contribution in [1.29, 1.82) is 5.26 Å². The molecule has 1 heterocycles. The van der Waals surface area contributed by atoms with Gasteiger partial charge in [0, 0.05) is 5.56 Å². The molecule has 2 aromatic rings. The summed E-state index contributed by atoms with van der Waals surface area (Å²) in [5, 5.41) is 8.21. The largest absolute Gasteiger partial charge is 0.434 e. The zero-order valence-corrected chi connectivity index (χ0v) is 18.2. The summed E-state index contributed by atoms with van der Waals surface area (Å²) in [5.74, 6) is -2.68. The maximum absolute atomic E-state index is 14.7. The minimum atomic E-state index is -5.01. The summed E-state index contributed by atoms with van der Waals surface area (Å²) in [4.78, 5) is 6.54. The molecular weight excluding hydrogens is 488 g/mol. The third-order valence-electron chi connectivity index (χ3n) is 3.95. The van der Waals surface area contributed by atoms with Crippen LogP contribution in [0.1, 0.15) is 25.1 Å². The van der Waals surface area contributed by atoms with Crippen LogP contribution in [0.15, 0.2) is 18.5 Å². The van der Waals surface area contributed by atoms with Crippen LogP contribution in [0.4, 0.5) is 23.2 Å². The molecule has 0 bridgehead atoms. The highest BCUT2D eigenvalue weighted by atomic mass is 35.5. The van der Waals surface area contributed by atoms with E-state index in [4.69, 9.17) is 11.6 Å². The van der Waals surface area contributed by atoms with E-state index in [2.05, 4.69) is 9.97 Å². The summed E-state index contributed by atoms with van der Waals surface area (Å²) in [6.45, 7) is 2.28. The van der Waals surface area contributed by atoms with Crippen LogP contribution >= 0.6 is 11.6 Å². The first-order valence-electron chi connectivity index (χ1n) is 8.28. The van der Waals surface area contributed by atoms with Gasteiger partial charge in [-0.05, 0) is 26.0 Å². The van der Waals surface area contributed by atoms with Crippen LogP contribution < -0.4 is 3.71 Å². The number of hydrogen-bond acceptors (Lipinski definition) is 7. The number of benzene rings is 1. The molecule has 0 N–H and O–H groups in total. The van der Waals surface area contributed by atoms with E-state index in [1.807, 2.05) is 0 Å². The maximum atomic E-state index is 14.7. The van der Waals surface area contributed by atoms with E-state index in [1.54, 1.807) is 0 Å². The summed E-state index contributed by atoms with van der Waals surface area (Å²) in [6, 6.07) is 2.57. The van der Waals surface area contributed by atoms with Crippen LogP contribution in [0, 0.1) is 17.1 Å². The molecule has 1 aromatic heterocycles. The average molecular weight is 501 g/mol. The molecule has 31 heavy (non-hydrogen) atoms. The van der Waals surface area contributed by atoms with Crippen LogP contribution in [-0.4, -0.2) is 38.3 Å². The van der Waals surface area contributed by atoms with Gasteiger partial charge in [0.05, 0.1) is 33.5 Å². The molecule has 0 atom stereocenters. The molecule has 8 nitrogen and oxygen atoms in total. The van der Waals surface area contributed by atoms with Crippen LogP contribution in [-0.2, 0) is 26.2 Å². The van der Waals surface area contributed by atoms with Gasteiger partial charge < -0.3 is 0 Å². The number of rotatable bonds is 6. The molecule has 15 heteroatoms. The lowest BCUT2D eigenvalue weighted by Crippen LogP contribution is -2.39. The number of alkyl halides is 3. The second-order valence-electron chi connectivity index (χ2n) is 5.84. The van der Waals surface area contributed by atoms with Crippen molar-refractivity contribution in [2.45, 2.75) is 20.0 Å². The molecule has 0 amide bonds. The van der Waals surface area contributed by atoms with Crippen LogP contribution in [0.3, 0.4) is 0 Å². The van der Waals surface area contributed by atoms with Gasteiger partial charge in [0.2, 0.25) is 20.0 Å². The van der Waals surface area contributed by atoms with Gasteiger partial charge in [-0.25, -0.2) is 31.2 Å². The highest BCUT2D eigenvalue weighted by Crippen LogP contribution is 2.40. The standard InChI is InChI=1S/C16H13ClF4N4O4S2/c1-3-30(26,27)25(31(28,29)4-2)12-6-10(11(18)5-9(12)7-22)14-13(17)15(16(19,20)21)24-8-23-14/h5-6,8H,3-4H2,1-2H3. The molecule has 2 rings (SSSR count). The van der Waals surface area contributed by atoms with Crippen LogP contribution in [0.2, 0.25) is 5.02 Å². The molecule has 0 aliphatic heterocycles. The fourth-order valence-electron chi connectivity index (χ4n) is 2.45. The SMILES string of the molecule is CCS(=O)(=O)N(c1cc(-c2ncnc(C(F)(F)F)c2Cl)c(F)cc1C#N)S(=O)(=O)CC. The summed E-state index contributed by atoms with van der Waals surface area (Å²) in [5.41, 5.74) is -4.56. The van der Waals surface area contributed by atoms with Gasteiger partial charge in [-0.1, -0.05) is 11.6 Å². The Morgan fingerprint density at radius 2 is 1.65 bits per heavy atom. The smallest absolute Gasteiger partial charge is 0.235 e. The first-order chi connectivity index (χ1) is 14.2. The Labute approximate surface area is 180 Å². The molecule has 1 aromatic carbocycles. The molecule has 0 saturated heterocycles. The summed E-state index contributed by atoms with van der Waals surface area (Å²) < 4.78 is 104. The van der Waals surface area contributed by atoms with Gasteiger partial charge in [-0.3, -0.25) is 0 Å². The third kappa shape index (κ3) is 4.73. The van der Waals surface area contributed by atoms with Crippen molar-refractivity contribution < 1.29 is 34.4 Å². The van der Waals surface area contributed by atoms with E-state index in [0.29, 0.717) is 18.5 Å². The number of hydrogen-bond donors (Lipinski definition) is 0. The Morgan fingerprint density at radius 1 is 1.10 bits per heavy atom. The molecular formula is C16H13ClF4N4O4S2. The van der Waals surface area contributed by atoms with Crippen molar-refractivity contribution in [3.05, 3.63) is 40.6 Å². The molecule has 0 aliphatic carbocycles. The van der Waals surface area contributed by atoms with Crippen molar-refractivity contribution in [2.75, 3.05) is 15.2 Å². The summed E-state index contributed by atoms with van der Waals surface area (Å²) in [6.07, 6.45) is -4.55. The molecule has 0 spiro atoms. The Bertz CT molecular complexity index is 1240. The van der Waals surface area contributed by atoms with E-state index in [9.17, 15) is 39.7 Å². The third-order valence-corrected chi connectivity index (χ3v) is 8.53. The number of anilines is 1. The highest BCUT2D eigenvalue weighted by Gasteiger charge is 2.38. The average Bonchev–Trinajstić information content (AvgIpc) is 2.68. The van der Waals surface area contributed by atoms with Crippen molar-refractivity contribution in [3.8, 4) is 17.3 Å². The lowest BCUT2D eigenvalue weighted by molar-refractivity contribution is -0.141. The zero-order valence-electron chi connectivity index (χ0n) is 15.8. The molecule has 0 aliphatic rings. The molecule has 0 radical (unpaired) electrons. The minimum absolute atomic E-state index is 0.0404. The van der Waals surface area contributed by atoms with E-state index >= 15 is 0 Å². The molecule has 0 saturated carbocycles. The predicted octanol–water partition coefficient (Wildman–Crippen LogP) is 3.33. The van der Waals surface area contributed by atoms with Crippen molar-refractivity contribution in [1.82, 2.24) is 9.97 Å². The van der Waals surface area contributed by atoms with Crippen molar-refractivity contribution in [3.63, 3.8) is 0 Å². The number of halogens is 5. The fraction of sp³-hybridized carbons (Fsp3) is 0.312. The molecule has 0 fully saturated rings. The Morgan fingerprint density at radius 3 is 2.10 bits per heavy atom. The first kappa shape index (κ1) is 24.8. The first-order valence-corrected chi connectivity index (χ1v) is 11.9. The number of aromatic nitrogens is 2. The van der Waals surface area contributed by atoms with Gasteiger partial charge in [0.25, 0.3) is 0 Å². The second-order valence-corrected chi connectivity index (χ2v) is 10.7. The topological polar surface area (TPSA) is 121 Å². The molecule has 0 unspecified atom stereocenters. The van der Waals surface area contributed by atoms with E-state index in [0.717, 1.165) is 13.8 Å². The zero-order chi connectivity index (χ0) is 23.8. The Balaban J connectivity index is 2.95. The van der Waals surface area contributed by atoms with Gasteiger partial charge in [0.15, 0.2) is 5.69 Å². The van der Waals surface area contributed by atoms with Crippen molar-refractivity contribution >= 4 is 37.3 Å². The summed E-state index contributed by atoms with van der Waals surface area (Å²) in [7, 11) is -9.09. The van der Waals surface area contributed by atoms with Gasteiger partial charge in [-0.15, -0.1) is 0 Å². The van der Waals surface area contributed by atoms with Crippen LogP contribution in [0.25, 0.3) is 11.3 Å². The van der Waals surface area contributed by atoms with E-state index < -0.39 is 76.8 Å². The Hall–Kier alpha value is -2.50. The number of sulfonamides is 2. The fourth-order valence-corrected chi connectivity index (χ4v) is 6.14. The molecule has 168 valence electrons. The minimum Gasteiger partial charge on any atom is -0.235 e. The quantitative estimate of drug-likeness (QED) is 0.557. The maximum Gasteiger partial charge on any atom is 0.434 e. The van der Waals surface area contributed by atoms with Crippen molar-refractivity contribution in [2.24, 2.45) is 0 Å². The number of nitrogens with zero attached hydrogens (tertiary/aromatic N) is 4. The van der Waals surface area contributed by atoms with Gasteiger partial charge >= 0.3 is 6.18 Å². The normalized spacial score (nSPS) is 12.5. The number of nitriles is 1. The highest BCUT2D eigenvalue weighted by molar-refractivity contribution is 8.10. The Kier molecular flexibility index (Phi) is 6.84. The van der Waals surface area contributed by atoms with Crippen LogP contribution in [0.5, 0.6) is 0 Å². The van der Waals surface area contributed by atoms with Gasteiger partial charge in [0.1, 0.15) is 18.2 Å².